The Hall–Kier alpha value is -3.50. The number of nitrogens with zero attached hydrogens (tertiary/aromatic N) is 3. The Morgan fingerprint density at radius 3 is 2.42 bits per heavy atom. The monoisotopic (exact) mass is 543 g/mol. The van der Waals surface area contributed by atoms with Crippen molar-refractivity contribution >= 4 is 35.6 Å². The second kappa shape index (κ2) is 11.9. The number of piperidine rings is 1. The average Bonchev–Trinajstić information content (AvgIpc) is 3.69. The Labute approximate surface area is 227 Å². The van der Waals surface area contributed by atoms with Crippen LogP contribution in [0.15, 0.2) is 53.3 Å². The Morgan fingerprint density at radius 2 is 1.76 bits per heavy atom. The molecule has 1 aromatic heterocycles. The molecule has 1 unspecified atom stereocenters. The molecule has 2 aromatic carbocycles. The number of hydrogen-bond donors (Lipinski definition) is 3. The summed E-state index contributed by atoms with van der Waals surface area (Å²) in [4.78, 5) is 39.8. The molecule has 2 aliphatic rings. The van der Waals surface area contributed by atoms with Crippen LogP contribution in [0, 0.1) is 5.92 Å². The van der Waals surface area contributed by atoms with Gasteiger partial charge in [0.25, 0.3) is 0 Å². The first-order chi connectivity index (χ1) is 17.9. The van der Waals surface area contributed by atoms with Crippen molar-refractivity contribution in [1.82, 2.24) is 24.7 Å². The maximum absolute atomic E-state index is 13.1. The van der Waals surface area contributed by atoms with Gasteiger partial charge < -0.3 is 25.4 Å². The van der Waals surface area contributed by atoms with Crippen molar-refractivity contribution in [3.8, 4) is 5.75 Å². The third-order valence-corrected chi connectivity index (χ3v) is 7.38. The number of amides is 2. The molecule has 10 nitrogen and oxygen atoms in total. The maximum Gasteiger partial charge on any atom is 0.405 e. The molecule has 2 amide bonds. The molecule has 3 N–H and O–H groups in total. The van der Waals surface area contributed by atoms with Gasteiger partial charge in [0.2, 0.25) is 0 Å². The van der Waals surface area contributed by atoms with Crippen LogP contribution in [0.5, 0.6) is 5.75 Å². The molecule has 1 saturated carbocycles. The second-order valence-electron chi connectivity index (χ2n) is 9.92. The van der Waals surface area contributed by atoms with Gasteiger partial charge in [-0.3, -0.25) is 4.57 Å². The largest absolute Gasteiger partial charge is 0.497 e. The first kappa shape index (κ1) is 27.5. The van der Waals surface area contributed by atoms with E-state index in [2.05, 4.69) is 15.5 Å². The van der Waals surface area contributed by atoms with Gasteiger partial charge in [-0.1, -0.05) is 24.3 Å². The zero-order chi connectivity index (χ0) is 25.9. The van der Waals surface area contributed by atoms with Crippen LogP contribution in [0.1, 0.15) is 43.3 Å². The van der Waals surface area contributed by atoms with Crippen molar-refractivity contribution in [2.24, 2.45) is 5.92 Å². The van der Waals surface area contributed by atoms with E-state index < -0.39 is 6.09 Å². The number of methoxy groups -OCH3 is 1. The number of carbonyl (C=O) groups is 2. The van der Waals surface area contributed by atoms with Crippen LogP contribution in [-0.4, -0.2) is 64.6 Å². The molecule has 204 valence electrons. The standard InChI is InChI=1S/C27H33N5O5.ClH/c1-37-21-6-4-5-19(15-21)22(29-26(34)35)17-30-13-11-18(12-14-30)16-28-25(33)32-24-8-3-2-7-23(24)31(27(32)36)20-9-10-20;/h2-8,15,18,20,22,29H,9-14,16-17H2,1H3,(H,28,33)(H,34,35);1H. The summed E-state index contributed by atoms with van der Waals surface area (Å²) in [6.45, 7) is 2.63. The molecule has 11 heteroatoms. The summed E-state index contributed by atoms with van der Waals surface area (Å²) in [6, 6.07) is 14.3. The Morgan fingerprint density at radius 1 is 1.05 bits per heavy atom. The van der Waals surface area contributed by atoms with Crippen molar-refractivity contribution in [2.45, 2.75) is 37.8 Å². The van der Waals surface area contributed by atoms with Gasteiger partial charge in [0.15, 0.2) is 0 Å². The molecule has 1 aliphatic heterocycles. The first-order valence-corrected chi connectivity index (χ1v) is 12.8. The van der Waals surface area contributed by atoms with E-state index in [0.29, 0.717) is 24.4 Å². The predicted molar refractivity (Wildman–Crippen MR) is 147 cm³/mol. The van der Waals surface area contributed by atoms with Crippen LogP contribution in [0.3, 0.4) is 0 Å². The molecule has 0 bridgehead atoms. The van der Waals surface area contributed by atoms with E-state index in [9.17, 15) is 19.5 Å². The number of benzene rings is 2. The first-order valence-electron chi connectivity index (χ1n) is 12.8. The lowest BCUT2D eigenvalue weighted by molar-refractivity contribution is 0.156. The summed E-state index contributed by atoms with van der Waals surface area (Å²) >= 11 is 0. The topological polar surface area (TPSA) is 118 Å². The van der Waals surface area contributed by atoms with Crippen molar-refractivity contribution in [1.29, 1.82) is 0 Å². The van der Waals surface area contributed by atoms with Crippen molar-refractivity contribution in [3.05, 3.63) is 64.6 Å². The van der Waals surface area contributed by atoms with Gasteiger partial charge >= 0.3 is 17.8 Å². The minimum atomic E-state index is -1.07. The predicted octanol–water partition coefficient (Wildman–Crippen LogP) is 3.85. The minimum Gasteiger partial charge on any atom is -0.497 e. The number of likely N-dealkylation sites (tertiary alicyclic amines) is 1. The molecule has 38 heavy (non-hydrogen) atoms. The zero-order valence-corrected chi connectivity index (χ0v) is 22.2. The second-order valence-corrected chi connectivity index (χ2v) is 9.92. The Kier molecular flexibility index (Phi) is 8.63. The molecule has 1 aliphatic carbocycles. The van der Waals surface area contributed by atoms with Crippen LogP contribution in [0.2, 0.25) is 0 Å². The van der Waals surface area contributed by atoms with Crippen LogP contribution in [0.4, 0.5) is 9.59 Å². The summed E-state index contributed by atoms with van der Waals surface area (Å²) in [7, 11) is 1.59. The van der Waals surface area contributed by atoms with Crippen molar-refractivity contribution < 1.29 is 19.4 Å². The van der Waals surface area contributed by atoms with E-state index in [1.165, 1.54) is 4.57 Å². The summed E-state index contributed by atoms with van der Waals surface area (Å²) < 4.78 is 8.30. The number of aromatic nitrogens is 2. The van der Waals surface area contributed by atoms with E-state index in [4.69, 9.17) is 4.74 Å². The third kappa shape index (κ3) is 5.97. The number of ether oxygens (including phenoxy) is 1. The molecular formula is C27H34ClN5O5. The molecule has 2 fully saturated rings. The fourth-order valence-electron chi connectivity index (χ4n) is 5.24. The number of halogens is 1. The van der Waals surface area contributed by atoms with Gasteiger partial charge in [0.05, 0.1) is 24.2 Å². The number of imidazole rings is 1. The molecule has 1 atom stereocenters. The zero-order valence-electron chi connectivity index (χ0n) is 21.3. The average molecular weight is 544 g/mol. The molecule has 0 radical (unpaired) electrons. The number of hydrogen-bond acceptors (Lipinski definition) is 5. The fourth-order valence-corrected chi connectivity index (χ4v) is 5.24. The minimum absolute atomic E-state index is 0. The quantitative estimate of drug-likeness (QED) is 0.397. The highest BCUT2D eigenvalue weighted by atomic mass is 35.5. The number of fused-ring (bicyclic) bond motifs is 1. The maximum atomic E-state index is 13.1. The summed E-state index contributed by atoms with van der Waals surface area (Å²) in [5.41, 5.74) is 2.03. The molecular weight excluding hydrogens is 510 g/mol. The number of carbonyl (C=O) groups excluding carboxylic acids is 1. The van der Waals surface area contributed by atoms with Gasteiger partial charge in [-0.2, -0.15) is 0 Å². The van der Waals surface area contributed by atoms with Gasteiger partial charge in [-0.05, 0) is 74.5 Å². The molecule has 1 saturated heterocycles. The van der Waals surface area contributed by atoms with E-state index >= 15 is 0 Å². The lowest BCUT2D eigenvalue weighted by atomic mass is 9.96. The van der Waals surface area contributed by atoms with Gasteiger partial charge in [-0.25, -0.2) is 19.0 Å². The normalized spacial score (nSPS) is 17.0. The highest BCUT2D eigenvalue weighted by Gasteiger charge is 2.30. The van der Waals surface area contributed by atoms with Gasteiger partial charge in [0.1, 0.15) is 5.75 Å². The van der Waals surface area contributed by atoms with E-state index in [-0.39, 0.29) is 42.1 Å². The Bertz CT molecular complexity index is 1340. The fraction of sp³-hybridized carbons (Fsp3) is 0.444. The van der Waals surface area contributed by atoms with Gasteiger partial charge in [0, 0.05) is 19.1 Å². The lowest BCUT2D eigenvalue weighted by Crippen LogP contribution is -2.44. The lowest BCUT2D eigenvalue weighted by Gasteiger charge is -2.34. The number of carboxylic acid groups (broad SMARTS) is 1. The Balaban J connectivity index is 0.00000336. The highest BCUT2D eigenvalue weighted by Crippen LogP contribution is 2.36. The molecule has 3 aromatic rings. The van der Waals surface area contributed by atoms with Crippen LogP contribution in [-0.2, 0) is 0 Å². The number of para-hydroxylation sites is 2. The van der Waals surface area contributed by atoms with Crippen LogP contribution in [0.25, 0.3) is 11.0 Å². The van der Waals surface area contributed by atoms with E-state index in [1.54, 1.807) is 11.7 Å². The molecule has 2 heterocycles. The number of rotatable bonds is 8. The number of nitrogens with one attached hydrogen (secondary N) is 2. The third-order valence-electron chi connectivity index (χ3n) is 7.38. The van der Waals surface area contributed by atoms with Crippen LogP contribution >= 0.6 is 12.4 Å². The van der Waals surface area contributed by atoms with E-state index in [1.807, 2.05) is 48.5 Å². The molecule has 5 rings (SSSR count). The highest BCUT2D eigenvalue weighted by molar-refractivity contribution is 5.89. The SMILES string of the molecule is COc1cccc(C(CN2CCC(CNC(=O)n3c(=O)n(C4CC4)c4ccccc43)CC2)NC(=O)O)c1.Cl. The van der Waals surface area contributed by atoms with Crippen molar-refractivity contribution in [3.63, 3.8) is 0 Å². The summed E-state index contributed by atoms with van der Waals surface area (Å²) in [5, 5.41) is 15.0. The summed E-state index contributed by atoms with van der Waals surface area (Å²) in [6.07, 6.45) is 2.61. The van der Waals surface area contributed by atoms with Crippen LogP contribution < -0.4 is 21.1 Å². The summed E-state index contributed by atoms with van der Waals surface area (Å²) in [5.74, 6) is 0.971. The van der Waals surface area contributed by atoms with Gasteiger partial charge in [-0.15, -0.1) is 12.4 Å². The smallest absolute Gasteiger partial charge is 0.405 e. The van der Waals surface area contributed by atoms with E-state index in [0.717, 1.165) is 49.9 Å². The molecule has 0 spiro atoms. The van der Waals surface area contributed by atoms with Crippen molar-refractivity contribution in [2.75, 3.05) is 33.3 Å².